The van der Waals surface area contributed by atoms with Gasteiger partial charge in [0.25, 0.3) is 0 Å². The standard InChI is InChI=1S/C17H21N3/c18-12-17(16-8-4-5-10-19-16)20-11-9-15(13-20)14-6-2-1-3-7-14/h1-8,10,15,17H,9,11-13,18H2. The largest absolute Gasteiger partial charge is 0.329 e. The van der Waals surface area contributed by atoms with Gasteiger partial charge in [0, 0.05) is 19.3 Å². The van der Waals surface area contributed by atoms with Gasteiger partial charge in [-0.15, -0.1) is 0 Å². The van der Waals surface area contributed by atoms with Crippen LogP contribution in [-0.2, 0) is 0 Å². The SMILES string of the molecule is NCC(c1ccccn1)N1CCC(c2ccccc2)C1. The van der Waals surface area contributed by atoms with Crippen LogP contribution < -0.4 is 5.73 Å². The number of pyridine rings is 1. The summed E-state index contributed by atoms with van der Waals surface area (Å²) in [6.45, 7) is 2.79. The summed E-state index contributed by atoms with van der Waals surface area (Å²) in [5, 5.41) is 0. The van der Waals surface area contributed by atoms with Gasteiger partial charge in [-0.1, -0.05) is 36.4 Å². The molecule has 2 unspecified atom stereocenters. The predicted molar refractivity (Wildman–Crippen MR) is 81.4 cm³/mol. The fraction of sp³-hybridized carbons (Fsp3) is 0.353. The van der Waals surface area contributed by atoms with E-state index in [1.165, 1.54) is 12.0 Å². The van der Waals surface area contributed by atoms with E-state index < -0.39 is 0 Å². The lowest BCUT2D eigenvalue weighted by molar-refractivity contribution is 0.243. The number of likely N-dealkylation sites (tertiary alicyclic amines) is 1. The number of hydrogen-bond donors (Lipinski definition) is 1. The Morgan fingerprint density at radius 3 is 2.65 bits per heavy atom. The Hall–Kier alpha value is -1.71. The summed E-state index contributed by atoms with van der Waals surface area (Å²) < 4.78 is 0. The summed E-state index contributed by atoms with van der Waals surface area (Å²) in [5.41, 5.74) is 8.51. The Kier molecular flexibility index (Phi) is 4.09. The van der Waals surface area contributed by atoms with Gasteiger partial charge in [0.1, 0.15) is 0 Å². The number of rotatable bonds is 4. The van der Waals surface area contributed by atoms with Gasteiger partial charge in [-0.2, -0.15) is 0 Å². The molecule has 3 heteroatoms. The highest BCUT2D eigenvalue weighted by molar-refractivity contribution is 5.21. The fourth-order valence-corrected chi connectivity index (χ4v) is 3.10. The molecule has 3 rings (SSSR count). The molecule has 2 heterocycles. The van der Waals surface area contributed by atoms with Crippen LogP contribution >= 0.6 is 0 Å². The lowest BCUT2D eigenvalue weighted by atomic mass is 9.99. The molecule has 1 aliphatic heterocycles. The maximum Gasteiger partial charge on any atom is 0.0644 e. The van der Waals surface area contributed by atoms with Crippen LogP contribution in [0.25, 0.3) is 0 Å². The molecule has 0 amide bonds. The van der Waals surface area contributed by atoms with E-state index in [2.05, 4.69) is 46.3 Å². The second-order valence-corrected chi connectivity index (χ2v) is 5.40. The topological polar surface area (TPSA) is 42.1 Å². The van der Waals surface area contributed by atoms with E-state index in [1.807, 2.05) is 18.3 Å². The molecule has 0 saturated carbocycles. The van der Waals surface area contributed by atoms with Crippen molar-refractivity contribution in [1.82, 2.24) is 9.88 Å². The Morgan fingerprint density at radius 1 is 1.15 bits per heavy atom. The molecule has 0 radical (unpaired) electrons. The molecule has 2 atom stereocenters. The van der Waals surface area contributed by atoms with Crippen LogP contribution in [0.3, 0.4) is 0 Å². The van der Waals surface area contributed by atoms with Gasteiger partial charge in [-0.25, -0.2) is 0 Å². The summed E-state index contributed by atoms with van der Waals surface area (Å²) in [6.07, 6.45) is 3.05. The minimum atomic E-state index is 0.241. The van der Waals surface area contributed by atoms with Crippen molar-refractivity contribution in [2.45, 2.75) is 18.4 Å². The summed E-state index contributed by atoms with van der Waals surface area (Å²) >= 11 is 0. The van der Waals surface area contributed by atoms with Gasteiger partial charge < -0.3 is 5.73 Å². The van der Waals surface area contributed by atoms with Gasteiger partial charge >= 0.3 is 0 Å². The number of aromatic nitrogens is 1. The van der Waals surface area contributed by atoms with Gasteiger partial charge in [0.05, 0.1) is 11.7 Å². The van der Waals surface area contributed by atoms with Crippen molar-refractivity contribution in [3.8, 4) is 0 Å². The van der Waals surface area contributed by atoms with Crippen molar-refractivity contribution in [3.63, 3.8) is 0 Å². The minimum Gasteiger partial charge on any atom is -0.329 e. The molecule has 20 heavy (non-hydrogen) atoms. The van der Waals surface area contributed by atoms with Crippen LogP contribution in [0.15, 0.2) is 54.7 Å². The first-order chi connectivity index (χ1) is 9.88. The lowest BCUT2D eigenvalue weighted by Crippen LogP contribution is -2.32. The molecule has 0 spiro atoms. The van der Waals surface area contributed by atoms with Crippen LogP contribution in [0.5, 0.6) is 0 Å². The highest BCUT2D eigenvalue weighted by Crippen LogP contribution is 2.31. The third-order valence-corrected chi connectivity index (χ3v) is 4.18. The molecule has 104 valence electrons. The third-order valence-electron chi connectivity index (χ3n) is 4.18. The summed E-state index contributed by atoms with van der Waals surface area (Å²) in [4.78, 5) is 6.94. The molecule has 2 aromatic rings. The average Bonchev–Trinajstić information content (AvgIpc) is 3.00. The molecule has 2 N–H and O–H groups in total. The zero-order valence-electron chi connectivity index (χ0n) is 11.7. The summed E-state index contributed by atoms with van der Waals surface area (Å²) in [7, 11) is 0. The van der Waals surface area contributed by atoms with Crippen molar-refractivity contribution in [3.05, 3.63) is 66.0 Å². The van der Waals surface area contributed by atoms with Crippen molar-refractivity contribution in [2.24, 2.45) is 5.73 Å². The Labute approximate surface area is 120 Å². The van der Waals surface area contributed by atoms with Gasteiger partial charge in [0.2, 0.25) is 0 Å². The third kappa shape index (κ3) is 2.74. The van der Waals surface area contributed by atoms with Crippen molar-refractivity contribution < 1.29 is 0 Å². The number of benzene rings is 1. The van der Waals surface area contributed by atoms with Crippen LogP contribution in [0.4, 0.5) is 0 Å². The maximum atomic E-state index is 5.99. The number of nitrogens with two attached hydrogens (primary N) is 1. The molecule has 1 aliphatic rings. The quantitative estimate of drug-likeness (QED) is 0.925. The van der Waals surface area contributed by atoms with E-state index in [0.717, 1.165) is 18.8 Å². The van der Waals surface area contributed by atoms with E-state index in [-0.39, 0.29) is 6.04 Å². The van der Waals surface area contributed by atoms with Crippen LogP contribution in [0, 0.1) is 0 Å². The van der Waals surface area contributed by atoms with E-state index in [1.54, 1.807) is 0 Å². The average molecular weight is 267 g/mol. The Morgan fingerprint density at radius 2 is 1.95 bits per heavy atom. The van der Waals surface area contributed by atoms with Crippen molar-refractivity contribution in [1.29, 1.82) is 0 Å². The number of nitrogens with zero attached hydrogens (tertiary/aromatic N) is 2. The first-order valence-electron chi connectivity index (χ1n) is 7.28. The molecular formula is C17H21N3. The predicted octanol–water partition coefficient (Wildman–Crippen LogP) is 2.57. The Bertz CT molecular complexity index is 526. The van der Waals surface area contributed by atoms with Crippen molar-refractivity contribution >= 4 is 0 Å². The zero-order chi connectivity index (χ0) is 13.8. The molecule has 0 aliphatic carbocycles. The van der Waals surface area contributed by atoms with E-state index >= 15 is 0 Å². The van der Waals surface area contributed by atoms with Gasteiger partial charge in [-0.3, -0.25) is 9.88 Å². The molecule has 1 aromatic heterocycles. The van der Waals surface area contributed by atoms with Crippen LogP contribution in [0.2, 0.25) is 0 Å². The molecule has 1 aromatic carbocycles. The highest BCUT2D eigenvalue weighted by atomic mass is 15.2. The lowest BCUT2D eigenvalue weighted by Gasteiger charge is -2.26. The second kappa shape index (κ2) is 6.16. The Balaban J connectivity index is 1.73. The molecule has 1 saturated heterocycles. The molecule has 3 nitrogen and oxygen atoms in total. The fourth-order valence-electron chi connectivity index (χ4n) is 3.10. The van der Waals surface area contributed by atoms with Gasteiger partial charge in [-0.05, 0) is 36.6 Å². The first kappa shape index (κ1) is 13.3. The van der Waals surface area contributed by atoms with Gasteiger partial charge in [0.15, 0.2) is 0 Å². The van der Waals surface area contributed by atoms with Crippen LogP contribution in [-0.4, -0.2) is 29.5 Å². The maximum absolute atomic E-state index is 5.99. The normalized spacial score (nSPS) is 20.9. The van der Waals surface area contributed by atoms with E-state index in [4.69, 9.17) is 5.73 Å². The second-order valence-electron chi connectivity index (χ2n) is 5.40. The number of hydrogen-bond acceptors (Lipinski definition) is 3. The van der Waals surface area contributed by atoms with E-state index in [0.29, 0.717) is 12.5 Å². The first-order valence-corrected chi connectivity index (χ1v) is 7.28. The zero-order valence-corrected chi connectivity index (χ0v) is 11.7. The molecular weight excluding hydrogens is 246 g/mol. The van der Waals surface area contributed by atoms with E-state index in [9.17, 15) is 0 Å². The minimum absolute atomic E-state index is 0.241. The van der Waals surface area contributed by atoms with Crippen LogP contribution in [0.1, 0.15) is 29.6 Å². The summed E-state index contributed by atoms with van der Waals surface area (Å²) in [5.74, 6) is 0.619. The molecule has 0 bridgehead atoms. The molecule has 1 fully saturated rings. The highest BCUT2D eigenvalue weighted by Gasteiger charge is 2.29. The summed E-state index contributed by atoms with van der Waals surface area (Å²) in [6, 6.07) is 17.1. The van der Waals surface area contributed by atoms with Crippen molar-refractivity contribution in [2.75, 3.05) is 19.6 Å². The smallest absolute Gasteiger partial charge is 0.0644 e. The monoisotopic (exact) mass is 267 g/mol.